The Labute approximate surface area is 251 Å². The van der Waals surface area contributed by atoms with Crippen molar-refractivity contribution in [2.45, 2.75) is 38.5 Å². The van der Waals surface area contributed by atoms with Gasteiger partial charge in [0.1, 0.15) is 34.2 Å². The summed E-state index contributed by atoms with van der Waals surface area (Å²) in [6.45, 7) is 3.21. The number of amides is 1. The lowest BCUT2D eigenvalue weighted by atomic mass is 9.92. The molecular formula is C31H22ClF5N2O5. The molecule has 1 aromatic heterocycles. The van der Waals surface area contributed by atoms with Crippen molar-refractivity contribution in [2.24, 2.45) is 0 Å². The molecule has 2 atom stereocenters. The lowest BCUT2D eigenvalue weighted by molar-refractivity contribution is -0.138. The second kappa shape index (κ2) is 11.4. The highest BCUT2D eigenvalue weighted by Gasteiger charge is 2.37. The third kappa shape index (κ3) is 5.64. The Balaban J connectivity index is 1.83. The Kier molecular flexibility index (Phi) is 7.98. The van der Waals surface area contributed by atoms with Crippen LogP contribution in [-0.2, 0) is 15.8 Å². The van der Waals surface area contributed by atoms with E-state index in [-0.39, 0.29) is 22.6 Å². The highest BCUT2D eigenvalue weighted by molar-refractivity contribution is 6.31. The second-order valence-corrected chi connectivity index (χ2v) is 10.6. The van der Waals surface area contributed by atoms with Crippen molar-refractivity contribution >= 4 is 23.5 Å². The minimum atomic E-state index is -5.01. The number of ether oxygens (including phenoxy) is 1. The Morgan fingerprint density at radius 3 is 2.43 bits per heavy atom. The van der Waals surface area contributed by atoms with E-state index in [2.05, 4.69) is 5.32 Å². The lowest BCUT2D eigenvalue weighted by Crippen LogP contribution is -2.41. The lowest BCUT2D eigenvalue weighted by Gasteiger charge is -2.25. The van der Waals surface area contributed by atoms with Gasteiger partial charge in [0.15, 0.2) is 0 Å². The number of benzene rings is 3. The first-order valence-electron chi connectivity index (χ1n) is 13.0. The number of carbonyl (C=O) groups excluding carboxylic acids is 1. The number of pyridine rings is 1. The molecule has 0 unspecified atom stereocenters. The molecule has 0 saturated carbocycles. The Hall–Kier alpha value is -4.71. The Morgan fingerprint density at radius 2 is 1.75 bits per heavy atom. The summed E-state index contributed by atoms with van der Waals surface area (Å²) in [5.41, 5.74) is -1.95. The van der Waals surface area contributed by atoms with Gasteiger partial charge in [-0.15, -0.1) is 0 Å². The highest BCUT2D eigenvalue weighted by Crippen LogP contribution is 2.40. The average molecular weight is 633 g/mol. The minimum absolute atomic E-state index is 0.00232. The van der Waals surface area contributed by atoms with Gasteiger partial charge in [-0.2, -0.15) is 13.2 Å². The van der Waals surface area contributed by atoms with Crippen LogP contribution in [0.25, 0.3) is 11.1 Å². The van der Waals surface area contributed by atoms with Crippen molar-refractivity contribution < 1.29 is 41.4 Å². The summed E-state index contributed by atoms with van der Waals surface area (Å²) in [4.78, 5) is 39.0. The first kappa shape index (κ1) is 30.7. The van der Waals surface area contributed by atoms with E-state index in [0.29, 0.717) is 33.5 Å². The second-order valence-electron chi connectivity index (χ2n) is 10.2. The molecule has 228 valence electrons. The molecule has 4 aromatic rings. The normalized spacial score (nSPS) is 16.5. The maximum absolute atomic E-state index is 15.7. The van der Waals surface area contributed by atoms with Crippen LogP contribution >= 0.6 is 11.6 Å². The van der Waals surface area contributed by atoms with Crippen LogP contribution in [0, 0.1) is 25.5 Å². The van der Waals surface area contributed by atoms with Crippen LogP contribution in [0.2, 0.25) is 5.02 Å². The molecule has 13 heteroatoms. The number of halogens is 6. The van der Waals surface area contributed by atoms with Crippen LogP contribution in [0.4, 0.5) is 22.0 Å². The first-order chi connectivity index (χ1) is 20.7. The first-order valence-corrected chi connectivity index (χ1v) is 13.4. The molecule has 1 aliphatic heterocycles. The number of nitrogens with one attached hydrogen (secondary N) is 1. The third-order valence-corrected chi connectivity index (χ3v) is 7.62. The van der Waals surface area contributed by atoms with Gasteiger partial charge in [-0.05, 0) is 73.0 Å². The molecule has 2 N–H and O–H groups in total. The van der Waals surface area contributed by atoms with Crippen molar-refractivity contribution in [1.29, 1.82) is 0 Å². The zero-order chi connectivity index (χ0) is 32.1. The third-order valence-electron chi connectivity index (χ3n) is 7.26. The van der Waals surface area contributed by atoms with Gasteiger partial charge < -0.3 is 15.2 Å². The number of fused-ring (bicyclic) bond motifs is 6. The molecule has 4 bridgehead atoms. The topological polar surface area (TPSA) is 97.6 Å². The number of carboxylic acid groups (broad SMARTS) is 1. The van der Waals surface area contributed by atoms with Crippen LogP contribution in [-0.4, -0.2) is 21.6 Å². The number of aryl methyl sites for hydroxylation is 2. The number of alkyl halides is 3. The van der Waals surface area contributed by atoms with Crippen LogP contribution in [0.5, 0.6) is 11.5 Å². The SMILES string of the molecule is Cc1cc2cc(c1F)[C@H](CC(=O)O)NC(=O)[C@@H](n1ccc(C(F)(F)F)c(Cl)c1=O)c1cc(ccc1F)Oc1cccc(C)c1-2. The summed E-state index contributed by atoms with van der Waals surface area (Å²) >= 11 is 5.80. The number of carboxylic acids is 1. The predicted octanol–water partition coefficient (Wildman–Crippen LogP) is 7.11. The number of aromatic nitrogens is 1. The summed E-state index contributed by atoms with van der Waals surface area (Å²) in [7, 11) is 0. The molecule has 0 aliphatic carbocycles. The molecule has 0 saturated heterocycles. The van der Waals surface area contributed by atoms with Crippen molar-refractivity contribution in [3.8, 4) is 22.6 Å². The molecule has 0 spiro atoms. The maximum atomic E-state index is 15.7. The Bertz CT molecular complexity index is 1890. The van der Waals surface area contributed by atoms with Gasteiger partial charge in [0.05, 0.1) is 18.0 Å². The highest BCUT2D eigenvalue weighted by atomic mass is 35.5. The summed E-state index contributed by atoms with van der Waals surface area (Å²) in [6, 6.07) is 8.08. The number of aliphatic carboxylic acids is 1. The van der Waals surface area contributed by atoms with Gasteiger partial charge in [-0.3, -0.25) is 19.0 Å². The minimum Gasteiger partial charge on any atom is -0.481 e. The molecule has 7 nitrogen and oxygen atoms in total. The van der Waals surface area contributed by atoms with E-state index in [1.807, 2.05) is 0 Å². The molecular weight excluding hydrogens is 611 g/mol. The summed E-state index contributed by atoms with van der Waals surface area (Å²) in [5, 5.41) is 10.8. The fourth-order valence-electron chi connectivity index (χ4n) is 5.24. The van der Waals surface area contributed by atoms with Crippen molar-refractivity contribution in [2.75, 3.05) is 0 Å². The van der Waals surface area contributed by atoms with E-state index in [9.17, 15) is 32.7 Å². The van der Waals surface area contributed by atoms with Crippen LogP contribution < -0.4 is 15.6 Å². The van der Waals surface area contributed by atoms with Gasteiger partial charge >= 0.3 is 12.1 Å². The average Bonchev–Trinajstić information content (AvgIpc) is 2.93. The number of rotatable bonds is 3. The van der Waals surface area contributed by atoms with Gasteiger partial charge in [-0.25, -0.2) is 8.78 Å². The van der Waals surface area contributed by atoms with E-state index in [0.717, 1.165) is 12.1 Å². The van der Waals surface area contributed by atoms with E-state index < -0.39 is 69.9 Å². The largest absolute Gasteiger partial charge is 0.481 e. The van der Waals surface area contributed by atoms with E-state index in [1.54, 1.807) is 25.1 Å². The number of nitrogens with zero attached hydrogens (tertiary/aromatic N) is 1. The quantitative estimate of drug-likeness (QED) is 0.235. The fourth-order valence-corrected chi connectivity index (χ4v) is 5.51. The molecule has 0 fully saturated rings. The maximum Gasteiger partial charge on any atom is 0.418 e. The number of hydrogen-bond acceptors (Lipinski definition) is 4. The van der Waals surface area contributed by atoms with Gasteiger partial charge in [0.2, 0.25) is 5.91 Å². The number of hydrogen-bond donors (Lipinski definition) is 2. The zero-order valence-electron chi connectivity index (χ0n) is 22.9. The van der Waals surface area contributed by atoms with Crippen molar-refractivity contribution in [1.82, 2.24) is 9.88 Å². The zero-order valence-corrected chi connectivity index (χ0v) is 23.7. The Morgan fingerprint density at radius 1 is 1.02 bits per heavy atom. The molecule has 5 rings (SSSR count). The van der Waals surface area contributed by atoms with Gasteiger partial charge in [0, 0.05) is 22.9 Å². The van der Waals surface area contributed by atoms with E-state index in [4.69, 9.17) is 16.3 Å². The summed E-state index contributed by atoms with van der Waals surface area (Å²) in [6.07, 6.45) is -5.22. The van der Waals surface area contributed by atoms with E-state index in [1.165, 1.54) is 25.1 Å². The van der Waals surface area contributed by atoms with Crippen molar-refractivity contribution in [3.63, 3.8) is 0 Å². The van der Waals surface area contributed by atoms with E-state index >= 15 is 8.78 Å². The number of carbonyl (C=O) groups is 2. The smallest absolute Gasteiger partial charge is 0.418 e. The molecule has 2 heterocycles. The van der Waals surface area contributed by atoms with Crippen LogP contribution in [0.3, 0.4) is 0 Å². The standard InChI is InChI=1S/C31H22ClF5N2O5/c1-14-4-3-5-23-25(14)16-10-15(2)27(34)19(11-16)22(13-24(40)41)38-29(42)28(18-12-17(44-23)6-7-21(18)33)39-9-8-20(31(35,36)37)26(32)30(39)43/h3-12,22,28H,13H2,1-2H3,(H,38,42)(H,40,41)/t22-,28-/m0/s1. The monoisotopic (exact) mass is 632 g/mol. The van der Waals surface area contributed by atoms with Crippen molar-refractivity contribution in [3.05, 3.63) is 116 Å². The van der Waals surface area contributed by atoms with Crippen LogP contribution in [0.15, 0.2) is 65.6 Å². The molecule has 0 radical (unpaired) electrons. The molecule has 3 aromatic carbocycles. The summed E-state index contributed by atoms with van der Waals surface area (Å²) in [5.74, 6) is -4.28. The predicted molar refractivity (Wildman–Crippen MR) is 150 cm³/mol. The van der Waals surface area contributed by atoms with Crippen LogP contribution in [0.1, 0.15) is 46.3 Å². The van der Waals surface area contributed by atoms with Gasteiger partial charge in [0.25, 0.3) is 5.56 Å². The molecule has 1 aliphatic rings. The fraction of sp³-hybridized carbons (Fsp3) is 0.194. The summed E-state index contributed by atoms with van der Waals surface area (Å²) < 4.78 is 78.1. The van der Waals surface area contributed by atoms with Gasteiger partial charge in [-0.1, -0.05) is 23.7 Å². The molecule has 1 amide bonds. The molecule has 44 heavy (non-hydrogen) atoms.